The van der Waals surface area contributed by atoms with Crippen LogP contribution in [0.15, 0.2) is 47.5 Å². The van der Waals surface area contributed by atoms with Crippen LogP contribution < -0.4 is 10.2 Å². The van der Waals surface area contributed by atoms with E-state index in [2.05, 4.69) is 5.32 Å². The number of nitrogens with one attached hydrogen (secondary N) is 3. The van der Waals surface area contributed by atoms with Gasteiger partial charge in [0, 0.05) is 34.5 Å². The Morgan fingerprint density at radius 1 is 1.31 bits per heavy atom. The van der Waals surface area contributed by atoms with Crippen LogP contribution in [-0.4, -0.2) is 60.5 Å². The Labute approximate surface area is 195 Å². The fourth-order valence-corrected chi connectivity index (χ4v) is 3.74. The number of fused-ring (bicyclic) bond motifs is 1. The van der Waals surface area contributed by atoms with Crippen molar-refractivity contribution in [3.63, 3.8) is 0 Å². The first-order chi connectivity index (χ1) is 15.4. The predicted octanol–water partition coefficient (Wildman–Crippen LogP) is 3.36. The first-order valence-corrected chi connectivity index (χ1v) is 11.4. The van der Waals surface area contributed by atoms with Gasteiger partial charge in [-0.15, -0.1) is 0 Å². The van der Waals surface area contributed by atoms with E-state index >= 15 is 0 Å². The van der Waals surface area contributed by atoms with Gasteiger partial charge in [-0.05, 0) is 49.3 Å². The van der Waals surface area contributed by atoms with E-state index in [0.29, 0.717) is 27.5 Å². The fourth-order valence-electron chi connectivity index (χ4n) is 3.35. The zero-order valence-corrected chi connectivity index (χ0v) is 19.3. The summed E-state index contributed by atoms with van der Waals surface area (Å²) in [6, 6.07) is 11.5. The fraction of sp³-hybridized carbons (Fsp3) is 0.273. The van der Waals surface area contributed by atoms with Gasteiger partial charge in [-0.2, -0.15) is 0 Å². The number of anilines is 1. The van der Waals surface area contributed by atoms with E-state index in [9.17, 15) is 4.79 Å². The van der Waals surface area contributed by atoms with Gasteiger partial charge in [-0.1, -0.05) is 23.7 Å². The van der Waals surface area contributed by atoms with Crippen LogP contribution in [0.4, 0.5) is 5.69 Å². The number of carbonyl (C=O) groups excluding carboxylic acids is 1. The number of amides is 1. The first kappa shape index (κ1) is 23.9. The molecule has 0 saturated heterocycles. The van der Waals surface area contributed by atoms with E-state index in [4.69, 9.17) is 36.7 Å². The van der Waals surface area contributed by atoms with Gasteiger partial charge in [0.1, 0.15) is 17.7 Å². The predicted molar refractivity (Wildman–Crippen MR) is 130 cm³/mol. The maximum absolute atomic E-state index is 12.5. The highest BCUT2D eigenvalue weighted by Gasteiger charge is 2.31. The molecule has 0 aromatic heterocycles. The van der Waals surface area contributed by atoms with Crippen molar-refractivity contribution in [2.45, 2.75) is 13.0 Å². The van der Waals surface area contributed by atoms with Crippen LogP contribution in [0, 0.1) is 10.8 Å². The number of aliphatic imine (C=N–C) groups is 1. The SMILES string of the molecule is CSOC[C@@H]1N=C(c2ccc(Cl)cc2)c2cc(C(=O)NCCO)ccc2N(C(C)=N)C1=N. The lowest BCUT2D eigenvalue weighted by atomic mass is 9.97. The molecule has 0 saturated carbocycles. The Hall–Kier alpha value is -2.72. The molecule has 1 amide bonds. The van der Waals surface area contributed by atoms with Crippen LogP contribution >= 0.6 is 23.6 Å². The Bertz CT molecular complexity index is 1060. The molecule has 0 spiro atoms. The monoisotopic (exact) mass is 473 g/mol. The summed E-state index contributed by atoms with van der Waals surface area (Å²) < 4.78 is 5.50. The molecule has 8 nitrogen and oxygen atoms in total. The minimum atomic E-state index is -0.660. The van der Waals surface area contributed by atoms with E-state index in [1.165, 1.54) is 16.9 Å². The third kappa shape index (κ3) is 5.18. The summed E-state index contributed by atoms with van der Waals surface area (Å²) >= 11 is 7.26. The molecule has 1 aliphatic heterocycles. The second kappa shape index (κ2) is 10.7. The van der Waals surface area contributed by atoms with Crippen molar-refractivity contribution in [1.82, 2.24) is 5.32 Å². The molecule has 1 heterocycles. The zero-order valence-electron chi connectivity index (χ0n) is 17.7. The Kier molecular flexibility index (Phi) is 8.03. The maximum atomic E-state index is 12.5. The summed E-state index contributed by atoms with van der Waals surface area (Å²) in [6.07, 6.45) is 1.79. The molecule has 2 aromatic carbocycles. The van der Waals surface area contributed by atoms with Crippen molar-refractivity contribution in [2.75, 3.05) is 30.9 Å². The average molecular weight is 474 g/mol. The quantitative estimate of drug-likeness (QED) is 0.279. The highest BCUT2D eigenvalue weighted by Crippen LogP contribution is 2.31. The van der Waals surface area contributed by atoms with E-state index in [1.807, 2.05) is 12.1 Å². The molecule has 0 fully saturated rings. The third-order valence-corrected chi connectivity index (χ3v) is 5.41. The lowest BCUT2D eigenvalue weighted by Crippen LogP contribution is -2.42. The Balaban J connectivity index is 2.22. The molecule has 32 heavy (non-hydrogen) atoms. The van der Waals surface area contributed by atoms with E-state index in [-0.39, 0.29) is 37.3 Å². The van der Waals surface area contributed by atoms with E-state index < -0.39 is 6.04 Å². The van der Waals surface area contributed by atoms with Crippen molar-refractivity contribution in [3.05, 3.63) is 64.2 Å². The molecule has 168 valence electrons. The minimum absolute atomic E-state index is 0.106. The second-order valence-corrected chi connectivity index (χ2v) is 7.97. The number of benzene rings is 2. The topological polar surface area (TPSA) is 122 Å². The van der Waals surface area contributed by atoms with Gasteiger partial charge in [-0.3, -0.25) is 25.5 Å². The highest BCUT2D eigenvalue weighted by molar-refractivity contribution is 7.93. The summed E-state index contributed by atoms with van der Waals surface area (Å²) in [5.41, 5.74) is 2.88. The summed E-state index contributed by atoms with van der Waals surface area (Å²) in [4.78, 5) is 18.9. The van der Waals surface area contributed by atoms with Crippen LogP contribution in [-0.2, 0) is 4.18 Å². The second-order valence-electron chi connectivity index (χ2n) is 6.97. The van der Waals surface area contributed by atoms with Crippen LogP contribution in [0.3, 0.4) is 0 Å². The van der Waals surface area contributed by atoms with Crippen molar-refractivity contribution in [3.8, 4) is 0 Å². The van der Waals surface area contributed by atoms with E-state index in [0.717, 1.165) is 5.56 Å². The van der Waals surface area contributed by atoms with Gasteiger partial charge in [0.2, 0.25) is 0 Å². The number of amidine groups is 2. The number of carbonyl (C=O) groups is 1. The number of nitrogens with zero attached hydrogens (tertiary/aromatic N) is 2. The van der Waals surface area contributed by atoms with Gasteiger partial charge in [0.25, 0.3) is 5.91 Å². The van der Waals surface area contributed by atoms with Gasteiger partial charge in [0.15, 0.2) is 0 Å². The number of halogens is 1. The lowest BCUT2D eigenvalue weighted by molar-refractivity contribution is 0.0945. The molecule has 0 bridgehead atoms. The molecular formula is C22H24ClN5O3S. The number of rotatable bonds is 7. The van der Waals surface area contributed by atoms with Crippen molar-refractivity contribution in [2.24, 2.45) is 4.99 Å². The number of hydrogen-bond acceptors (Lipinski definition) is 7. The lowest BCUT2D eigenvalue weighted by Gasteiger charge is -2.26. The average Bonchev–Trinajstić information content (AvgIpc) is 2.90. The molecule has 10 heteroatoms. The van der Waals surface area contributed by atoms with Gasteiger partial charge >= 0.3 is 0 Å². The minimum Gasteiger partial charge on any atom is -0.395 e. The first-order valence-electron chi connectivity index (χ1n) is 9.84. The number of aliphatic hydroxyl groups excluding tert-OH is 1. The Morgan fingerprint density at radius 3 is 2.66 bits per heavy atom. The molecule has 0 aliphatic carbocycles. The molecule has 4 N–H and O–H groups in total. The van der Waals surface area contributed by atoms with Gasteiger partial charge in [0.05, 0.1) is 24.6 Å². The maximum Gasteiger partial charge on any atom is 0.251 e. The summed E-state index contributed by atoms with van der Waals surface area (Å²) in [7, 11) is 0. The smallest absolute Gasteiger partial charge is 0.251 e. The zero-order chi connectivity index (χ0) is 23.3. The van der Waals surface area contributed by atoms with Crippen molar-refractivity contribution < 1.29 is 14.1 Å². The number of hydrogen-bond donors (Lipinski definition) is 4. The molecule has 1 aliphatic rings. The molecule has 1 atom stereocenters. The summed E-state index contributed by atoms with van der Waals surface area (Å²) in [5, 5.41) is 29.3. The number of aliphatic hydroxyl groups is 1. The summed E-state index contributed by atoms with van der Waals surface area (Å²) in [6.45, 7) is 1.72. The molecular weight excluding hydrogens is 450 g/mol. The standard InChI is InChI=1S/C22H24ClN5O3S/c1-13(24)28-19-8-5-15(22(30)26-9-10-29)11-17(19)20(14-3-6-16(23)7-4-14)27-18(21(28)25)12-31-32-2/h3-8,11,18,24-25,29H,9-10,12H2,1-2H3,(H,26,30)/t18-/m0/s1. The normalized spacial score (nSPS) is 15.6. The third-order valence-electron chi connectivity index (χ3n) is 4.79. The largest absolute Gasteiger partial charge is 0.395 e. The van der Waals surface area contributed by atoms with E-state index in [1.54, 1.807) is 43.5 Å². The molecule has 2 aromatic rings. The molecule has 3 rings (SSSR count). The molecule has 0 unspecified atom stereocenters. The van der Waals surface area contributed by atoms with Gasteiger partial charge in [-0.25, -0.2) is 0 Å². The van der Waals surface area contributed by atoms with Crippen LogP contribution in [0.1, 0.15) is 28.4 Å². The summed E-state index contributed by atoms with van der Waals surface area (Å²) in [5.74, 6) is -0.0818. The Morgan fingerprint density at radius 2 is 2.03 bits per heavy atom. The number of benzodiazepines with no additional fused rings is 1. The van der Waals surface area contributed by atoms with Crippen molar-refractivity contribution >= 4 is 52.6 Å². The molecule has 0 radical (unpaired) electrons. The van der Waals surface area contributed by atoms with Crippen molar-refractivity contribution in [1.29, 1.82) is 10.8 Å². The van der Waals surface area contributed by atoms with Crippen LogP contribution in [0.5, 0.6) is 0 Å². The van der Waals surface area contributed by atoms with Gasteiger partial charge < -0.3 is 14.6 Å². The van der Waals surface area contributed by atoms with Crippen LogP contribution in [0.25, 0.3) is 0 Å². The highest BCUT2D eigenvalue weighted by atomic mass is 35.5. The van der Waals surface area contributed by atoms with Crippen LogP contribution in [0.2, 0.25) is 5.02 Å².